The van der Waals surface area contributed by atoms with Crippen LogP contribution in [0.3, 0.4) is 0 Å². The van der Waals surface area contributed by atoms with Gasteiger partial charge in [0.05, 0.1) is 16.7 Å². The number of anilines is 6. The van der Waals surface area contributed by atoms with E-state index in [2.05, 4.69) is 226 Å². The van der Waals surface area contributed by atoms with Gasteiger partial charge in [0.15, 0.2) is 0 Å². The summed E-state index contributed by atoms with van der Waals surface area (Å²) in [6.45, 7) is 13.8. The van der Waals surface area contributed by atoms with Gasteiger partial charge in [0.25, 0.3) is 6.71 Å². The van der Waals surface area contributed by atoms with Crippen molar-refractivity contribution in [2.45, 2.75) is 52.4 Å². The van der Waals surface area contributed by atoms with E-state index in [4.69, 9.17) is 0 Å². The molecule has 0 saturated carbocycles. The Morgan fingerprint density at radius 2 is 1.00 bits per heavy atom. The van der Waals surface area contributed by atoms with E-state index in [9.17, 15) is 0 Å². The molecule has 308 valence electrons. The normalized spacial score (nSPS) is 13.7. The maximum absolute atomic E-state index is 2.59. The lowest BCUT2D eigenvalue weighted by Crippen LogP contribution is -2.60. The van der Waals surface area contributed by atoms with Crippen molar-refractivity contribution in [3.8, 4) is 5.69 Å². The van der Waals surface area contributed by atoms with E-state index >= 15 is 0 Å². The molecule has 11 aromatic rings. The zero-order valence-corrected chi connectivity index (χ0v) is 38.5. The molecule has 13 rings (SSSR count). The predicted octanol–water partition coefficient (Wildman–Crippen LogP) is 15.0. The standard InChI is InChI=1S/C58H46BN3S2/c1-57(2,3)35-22-26-37(27-23-35)60-47-19-13-20-48-53(47)59(44-32-30-39(34-49(44)60)61-45-17-10-7-14-40(45)41-15-8-11-18-46(41)61)56-54(62(48)38-28-24-36(25-29-38)58(4,5)6)43-31-33-51-52(55(43)64-56)42-16-9-12-21-50(42)63-51/h7-34H,1-6H3. The Morgan fingerprint density at radius 3 is 1.64 bits per heavy atom. The molecule has 0 saturated heterocycles. The molecule has 2 aliphatic heterocycles. The molecule has 0 spiro atoms. The lowest BCUT2D eigenvalue weighted by atomic mass is 9.36. The van der Waals surface area contributed by atoms with Crippen molar-refractivity contribution in [1.82, 2.24) is 4.57 Å². The third-order valence-electron chi connectivity index (χ3n) is 13.9. The summed E-state index contributed by atoms with van der Waals surface area (Å²) in [5.74, 6) is 0. The van der Waals surface area contributed by atoms with Crippen molar-refractivity contribution in [3.05, 3.63) is 181 Å². The molecule has 0 unspecified atom stereocenters. The zero-order valence-electron chi connectivity index (χ0n) is 36.9. The summed E-state index contributed by atoms with van der Waals surface area (Å²) in [6.07, 6.45) is 0. The molecule has 0 fully saturated rings. The first-order valence-corrected chi connectivity index (χ1v) is 24.1. The number of nitrogens with zero attached hydrogens (tertiary/aromatic N) is 3. The minimum Gasteiger partial charge on any atom is -0.311 e. The van der Waals surface area contributed by atoms with Crippen molar-refractivity contribution < 1.29 is 0 Å². The van der Waals surface area contributed by atoms with Gasteiger partial charge in [-0.15, -0.1) is 22.7 Å². The summed E-state index contributed by atoms with van der Waals surface area (Å²) >= 11 is 3.91. The summed E-state index contributed by atoms with van der Waals surface area (Å²) in [6, 6.07) is 64.5. The van der Waals surface area contributed by atoms with Gasteiger partial charge < -0.3 is 14.4 Å². The molecule has 3 aromatic heterocycles. The van der Waals surface area contributed by atoms with Gasteiger partial charge >= 0.3 is 0 Å². The smallest absolute Gasteiger partial charge is 0.264 e. The minimum atomic E-state index is 0.0240. The molecule has 6 heteroatoms. The SMILES string of the molecule is CC(C)(C)c1ccc(N2c3cc(-n4c5ccccc5c5ccccc54)ccc3B3c4sc5c(ccc6sc7ccccc7c65)c4N(c4ccc(C(C)(C)C)cc4)c4cccc2c43)cc1. The summed E-state index contributed by atoms with van der Waals surface area (Å²) in [5, 5.41) is 6.57. The van der Waals surface area contributed by atoms with Gasteiger partial charge in [-0.1, -0.05) is 133 Å². The number of para-hydroxylation sites is 2. The van der Waals surface area contributed by atoms with Crippen LogP contribution in [0.25, 0.3) is 57.8 Å². The third-order valence-corrected chi connectivity index (χ3v) is 16.3. The number of aromatic nitrogens is 1. The van der Waals surface area contributed by atoms with Crippen LogP contribution in [-0.4, -0.2) is 11.3 Å². The number of fused-ring (bicyclic) bond motifs is 13. The molecular weight excluding hydrogens is 814 g/mol. The highest BCUT2D eigenvalue weighted by molar-refractivity contribution is 7.35. The molecule has 5 heterocycles. The van der Waals surface area contributed by atoms with E-state index in [0.717, 1.165) is 11.4 Å². The summed E-state index contributed by atoms with van der Waals surface area (Å²) in [5.41, 5.74) is 16.3. The van der Waals surface area contributed by atoms with Crippen LogP contribution in [0.1, 0.15) is 52.7 Å². The lowest BCUT2D eigenvalue weighted by Gasteiger charge is -2.43. The molecule has 8 aromatic carbocycles. The van der Waals surface area contributed by atoms with Crippen molar-refractivity contribution in [2.75, 3.05) is 9.80 Å². The second-order valence-electron chi connectivity index (χ2n) is 19.7. The first-order valence-electron chi connectivity index (χ1n) is 22.5. The van der Waals surface area contributed by atoms with Crippen LogP contribution in [0.4, 0.5) is 34.1 Å². The molecule has 0 bridgehead atoms. The highest BCUT2D eigenvalue weighted by atomic mass is 32.1. The van der Waals surface area contributed by atoms with Crippen LogP contribution in [0.2, 0.25) is 0 Å². The second-order valence-corrected chi connectivity index (χ2v) is 21.9. The number of thiophene rings is 2. The van der Waals surface area contributed by atoms with E-state index in [-0.39, 0.29) is 17.5 Å². The number of rotatable bonds is 3. The molecule has 0 atom stereocenters. The van der Waals surface area contributed by atoms with Crippen LogP contribution in [-0.2, 0) is 10.8 Å². The summed E-state index contributed by atoms with van der Waals surface area (Å²) in [7, 11) is 0. The van der Waals surface area contributed by atoms with Gasteiger partial charge in [-0.25, -0.2) is 0 Å². The number of benzene rings is 8. The molecule has 0 radical (unpaired) electrons. The van der Waals surface area contributed by atoms with Crippen molar-refractivity contribution in [3.63, 3.8) is 0 Å². The van der Waals surface area contributed by atoms with Crippen LogP contribution in [0.15, 0.2) is 170 Å². The molecule has 0 aliphatic carbocycles. The first kappa shape index (κ1) is 37.9. The Labute approximate surface area is 382 Å². The van der Waals surface area contributed by atoms with Gasteiger partial charge in [-0.2, -0.15) is 0 Å². The number of hydrogen-bond acceptors (Lipinski definition) is 4. The quantitative estimate of drug-likeness (QED) is 0.164. The predicted molar refractivity (Wildman–Crippen MR) is 280 cm³/mol. The highest BCUT2D eigenvalue weighted by Crippen LogP contribution is 2.51. The second kappa shape index (κ2) is 13.5. The fourth-order valence-electron chi connectivity index (χ4n) is 10.8. The molecule has 3 nitrogen and oxygen atoms in total. The highest BCUT2D eigenvalue weighted by Gasteiger charge is 2.45. The van der Waals surface area contributed by atoms with Crippen molar-refractivity contribution in [2.24, 2.45) is 0 Å². The molecule has 64 heavy (non-hydrogen) atoms. The van der Waals surface area contributed by atoms with Crippen molar-refractivity contribution in [1.29, 1.82) is 0 Å². The average molecular weight is 860 g/mol. The van der Waals surface area contributed by atoms with E-state index in [0.29, 0.717) is 0 Å². The summed E-state index contributed by atoms with van der Waals surface area (Å²) < 4.78 is 7.91. The van der Waals surface area contributed by atoms with Gasteiger partial charge in [0.2, 0.25) is 0 Å². The first-order chi connectivity index (χ1) is 31.0. The Kier molecular flexibility index (Phi) is 7.98. The Hall–Kier alpha value is -6.60. The Balaban J connectivity index is 1.12. The van der Waals surface area contributed by atoms with Gasteiger partial charge in [-0.05, 0) is 112 Å². The number of hydrogen-bond donors (Lipinski definition) is 0. The van der Waals surface area contributed by atoms with Crippen LogP contribution in [0.5, 0.6) is 0 Å². The maximum atomic E-state index is 2.59. The van der Waals surface area contributed by atoms with Crippen LogP contribution < -0.4 is 25.5 Å². The molecule has 0 amide bonds. The van der Waals surface area contributed by atoms with E-state index in [1.807, 2.05) is 22.7 Å². The third kappa shape index (κ3) is 5.39. The van der Waals surface area contributed by atoms with E-state index in [1.54, 1.807) is 0 Å². The lowest BCUT2D eigenvalue weighted by molar-refractivity contribution is 0.590. The molecular formula is C58H46BN3S2. The molecule has 2 aliphatic rings. The Bertz CT molecular complexity index is 3650. The maximum Gasteiger partial charge on any atom is 0.264 e. The summed E-state index contributed by atoms with van der Waals surface area (Å²) in [4.78, 5) is 5.15. The monoisotopic (exact) mass is 859 g/mol. The fourth-order valence-corrected chi connectivity index (χ4v) is 13.4. The van der Waals surface area contributed by atoms with E-state index in [1.165, 1.54) is 107 Å². The molecule has 0 N–H and O–H groups in total. The van der Waals surface area contributed by atoms with Gasteiger partial charge in [0, 0.05) is 79.9 Å². The average Bonchev–Trinajstić information content (AvgIpc) is 3.98. The van der Waals surface area contributed by atoms with Crippen LogP contribution >= 0.6 is 22.7 Å². The fraction of sp³-hybridized carbons (Fsp3) is 0.138. The van der Waals surface area contributed by atoms with Crippen molar-refractivity contribution >= 4 is 131 Å². The van der Waals surface area contributed by atoms with Gasteiger partial charge in [0.1, 0.15) is 0 Å². The van der Waals surface area contributed by atoms with E-state index < -0.39 is 0 Å². The van der Waals surface area contributed by atoms with Gasteiger partial charge in [-0.3, -0.25) is 0 Å². The Morgan fingerprint density at radius 1 is 0.438 bits per heavy atom. The zero-order chi connectivity index (χ0) is 43.2. The van der Waals surface area contributed by atoms with Crippen LogP contribution in [0, 0.1) is 0 Å². The minimum absolute atomic E-state index is 0.0240. The largest absolute Gasteiger partial charge is 0.311 e. The topological polar surface area (TPSA) is 11.4 Å².